The molecule has 0 bridgehead atoms. The van der Waals surface area contributed by atoms with Crippen molar-refractivity contribution >= 4 is 17.4 Å². The number of hydrogen-bond acceptors (Lipinski definition) is 7. The zero-order chi connectivity index (χ0) is 15.8. The van der Waals surface area contributed by atoms with Crippen LogP contribution in [0, 0.1) is 19.8 Å². The van der Waals surface area contributed by atoms with E-state index in [0.717, 1.165) is 42.6 Å². The quantitative estimate of drug-likeness (QED) is 0.772. The second kappa shape index (κ2) is 5.45. The van der Waals surface area contributed by atoms with Crippen LogP contribution in [0.2, 0.25) is 0 Å². The summed E-state index contributed by atoms with van der Waals surface area (Å²) in [6, 6.07) is 5.84. The van der Waals surface area contributed by atoms with Crippen LogP contribution >= 0.6 is 0 Å². The third kappa shape index (κ3) is 2.67. The van der Waals surface area contributed by atoms with Gasteiger partial charge in [-0.05, 0) is 32.0 Å². The number of hydrogen-bond donors (Lipinski definition) is 1. The highest BCUT2D eigenvalue weighted by molar-refractivity contribution is 5.47. The summed E-state index contributed by atoms with van der Waals surface area (Å²) in [5.41, 5.74) is 1.75. The molecule has 1 N–H and O–H groups in total. The first-order valence-corrected chi connectivity index (χ1v) is 7.66. The van der Waals surface area contributed by atoms with Crippen molar-refractivity contribution in [2.75, 3.05) is 29.9 Å². The van der Waals surface area contributed by atoms with E-state index in [2.05, 4.69) is 35.5 Å². The van der Waals surface area contributed by atoms with Crippen molar-refractivity contribution in [1.82, 2.24) is 29.8 Å². The van der Waals surface area contributed by atoms with Crippen LogP contribution < -0.4 is 10.2 Å². The Kier molecular flexibility index (Phi) is 3.29. The van der Waals surface area contributed by atoms with Crippen LogP contribution in [-0.2, 0) is 0 Å². The van der Waals surface area contributed by atoms with Gasteiger partial charge < -0.3 is 10.2 Å². The molecule has 0 aromatic carbocycles. The molecule has 4 heterocycles. The molecule has 118 valence electrons. The highest BCUT2D eigenvalue weighted by Crippen LogP contribution is 2.23. The lowest BCUT2D eigenvalue weighted by atomic mass is 10.0. The Labute approximate surface area is 133 Å². The highest BCUT2D eigenvalue weighted by atomic mass is 15.4. The molecule has 0 aliphatic carbocycles. The standard InChI is InChI=1S/C15H18N8/c1-10-5-6-16-15(18-10)17-7-12-8-22(9-12)14-4-3-13-20-19-11(2)23(13)21-14/h3-6,12H,7-9H2,1-2H3,(H,16,17,18). The Hall–Kier alpha value is -2.77. The number of aromatic nitrogens is 6. The summed E-state index contributed by atoms with van der Waals surface area (Å²) < 4.78 is 1.78. The first-order valence-electron chi connectivity index (χ1n) is 7.66. The van der Waals surface area contributed by atoms with E-state index in [1.165, 1.54) is 0 Å². The maximum absolute atomic E-state index is 4.59. The Morgan fingerprint density at radius 2 is 2.04 bits per heavy atom. The molecule has 3 aromatic heterocycles. The van der Waals surface area contributed by atoms with E-state index >= 15 is 0 Å². The van der Waals surface area contributed by atoms with Crippen LogP contribution in [-0.4, -0.2) is 49.4 Å². The molecule has 1 aliphatic rings. The average Bonchev–Trinajstić information content (AvgIpc) is 2.87. The van der Waals surface area contributed by atoms with E-state index in [0.29, 0.717) is 11.9 Å². The SMILES string of the molecule is Cc1ccnc(NCC2CN(c3ccc4nnc(C)n4n3)C2)n1. The molecular formula is C15H18N8. The first-order chi connectivity index (χ1) is 11.2. The van der Waals surface area contributed by atoms with Crippen molar-refractivity contribution in [1.29, 1.82) is 0 Å². The molecule has 0 saturated carbocycles. The fraction of sp³-hybridized carbons (Fsp3) is 0.400. The summed E-state index contributed by atoms with van der Waals surface area (Å²) >= 11 is 0. The Morgan fingerprint density at radius 3 is 2.87 bits per heavy atom. The molecule has 1 saturated heterocycles. The molecule has 0 amide bonds. The first kappa shape index (κ1) is 13.9. The smallest absolute Gasteiger partial charge is 0.222 e. The molecule has 23 heavy (non-hydrogen) atoms. The van der Waals surface area contributed by atoms with E-state index < -0.39 is 0 Å². The van der Waals surface area contributed by atoms with Gasteiger partial charge in [-0.15, -0.1) is 15.3 Å². The van der Waals surface area contributed by atoms with Crippen molar-refractivity contribution in [2.45, 2.75) is 13.8 Å². The van der Waals surface area contributed by atoms with Gasteiger partial charge in [-0.25, -0.2) is 9.97 Å². The van der Waals surface area contributed by atoms with Gasteiger partial charge in [-0.1, -0.05) is 0 Å². The number of rotatable bonds is 4. The lowest BCUT2D eigenvalue weighted by Gasteiger charge is -2.40. The zero-order valence-corrected chi connectivity index (χ0v) is 13.1. The predicted molar refractivity (Wildman–Crippen MR) is 86.5 cm³/mol. The second-order valence-electron chi connectivity index (χ2n) is 5.88. The van der Waals surface area contributed by atoms with Gasteiger partial charge in [0, 0.05) is 37.4 Å². The third-order valence-corrected chi connectivity index (χ3v) is 4.03. The van der Waals surface area contributed by atoms with Gasteiger partial charge in [-0.3, -0.25) is 0 Å². The topological polar surface area (TPSA) is 84.1 Å². The van der Waals surface area contributed by atoms with Crippen molar-refractivity contribution < 1.29 is 0 Å². The van der Waals surface area contributed by atoms with Gasteiger partial charge in [-0.2, -0.15) is 4.52 Å². The fourth-order valence-electron chi connectivity index (χ4n) is 2.71. The molecule has 1 fully saturated rings. The van der Waals surface area contributed by atoms with Crippen LogP contribution in [0.1, 0.15) is 11.5 Å². The molecule has 8 nitrogen and oxygen atoms in total. The Morgan fingerprint density at radius 1 is 1.17 bits per heavy atom. The van der Waals surface area contributed by atoms with Gasteiger partial charge in [0.1, 0.15) is 5.82 Å². The van der Waals surface area contributed by atoms with Crippen LogP contribution in [0.25, 0.3) is 5.65 Å². The molecular weight excluding hydrogens is 292 g/mol. The molecule has 3 aromatic rings. The number of nitrogens with one attached hydrogen (secondary N) is 1. The molecule has 0 atom stereocenters. The number of nitrogens with zero attached hydrogens (tertiary/aromatic N) is 7. The summed E-state index contributed by atoms with van der Waals surface area (Å²) in [6.07, 6.45) is 1.78. The molecule has 1 aliphatic heterocycles. The number of aryl methyl sites for hydroxylation is 2. The molecule has 0 spiro atoms. The van der Waals surface area contributed by atoms with Gasteiger partial charge in [0.25, 0.3) is 0 Å². The van der Waals surface area contributed by atoms with Crippen LogP contribution in [0.3, 0.4) is 0 Å². The monoisotopic (exact) mass is 310 g/mol. The van der Waals surface area contributed by atoms with E-state index in [4.69, 9.17) is 0 Å². The van der Waals surface area contributed by atoms with E-state index in [-0.39, 0.29) is 0 Å². The minimum atomic E-state index is 0.568. The minimum Gasteiger partial charge on any atom is -0.354 e. The maximum atomic E-state index is 4.59. The van der Waals surface area contributed by atoms with E-state index in [1.807, 2.05) is 32.0 Å². The fourth-order valence-corrected chi connectivity index (χ4v) is 2.71. The minimum absolute atomic E-state index is 0.568. The number of fused-ring (bicyclic) bond motifs is 1. The largest absolute Gasteiger partial charge is 0.354 e. The van der Waals surface area contributed by atoms with Crippen LogP contribution in [0.15, 0.2) is 24.4 Å². The van der Waals surface area contributed by atoms with Crippen molar-refractivity contribution in [3.63, 3.8) is 0 Å². The van der Waals surface area contributed by atoms with Gasteiger partial charge in [0.05, 0.1) is 0 Å². The predicted octanol–water partition coefficient (Wildman–Crippen LogP) is 1.08. The average molecular weight is 310 g/mol. The summed E-state index contributed by atoms with van der Waals surface area (Å²) in [6.45, 7) is 6.68. The Bertz CT molecular complexity index is 836. The van der Waals surface area contributed by atoms with E-state index in [9.17, 15) is 0 Å². The number of anilines is 2. The lowest BCUT2D eigenvalue weighted by Crippen LogP contribution is -2.50. The zero-order valence-electron chi connectivity index (χ0n) is 13.1. The highest BCUT2D eigenvalue weighted by Gasteiger charge is 2.28. The maximum Gasteiger partial charge on any atom is 0.222 e. The van der Waals surface area contributed by atoms with Crippen molar-refractivity contribution in [2.24, 2.45) is 5.92 Å². The molecule has 0 radical (unpaired) electrons. The molecule has 0 unspecified atom stereocenters. The van der Waals surface area contributed by atoms with Gasteiger partial charge >= 0.3 is 0 Å². The molecule has 8 heteroatoms. The normalized spacial score (nSPS) is 15.0. The van der Waals surface area contributed by atoms with E-state index in [1.54, 1.807) is 10.7 Å². The second-order valence-corrected chi connectivity index (χ2v) is 5.88. The molecule has 4 rings (SSSR count). The van der Waals surface area contributed by atoms with Crippen LogP contribution in [0.5, 0.6) is 0 Å². The van der Waals surface area contributed by atoms with Gasteiger partial charge in [0.2, 0.25) is 5.95 Å². The summed E-state index contributed by atoms with van der Waals surface area (Å²) in [4.78, 5) is 10.8. The summed E-state index contributed by atoms with van der Waals surface area (Å²) in [5, 5.41) is 16.0. The van der Waals surface area contributed by atoms with Crippen molar-refractivity contribution in [3.8, 4) is 0 Å². The van der Waals surface area contributed by atoms with Crippen molar-refractivity contribution in [3.05, 3.63) is 35.9 Å². The summed E-state index contributed by atoms with van der Waals surface area (Å²) in [7, 11) is 0. The summed E-state index contributed by atoms with van der Waals surface area (Å²) in [5.74, 6) is 3.03. The lowest BCUT2D eigenvalue weighted by molar-refractivity contribution is 0.424. The Balaban J connectivity index is 1.36. The van der Waals surface area contributed by atoms with Crippen LogP contribution in [0.4, 0.5) is 11.8 Å². The third-order valence-electron chi connectivity index (χ3n) is 4.03. The van der Waals surface area contributed by atoms with Gasteiger partial charge in [0.15, 0.2) is 11.5 Å².